The Morgan fingerprint density at radius 2 is 2.00 bits per heavy atom. The molecule has 1 saturated heterocycles. The molecule has 19 heavy (non-hydrogen) atoms. The monoisotopic (exact) mass is 272 g/mol. The number of aliphatic hydroxyl groups is 1. The van der Waals surface area contributed by atoms with E-state index in [1.54, 1.807) is 25.8 Å². The first kappa shape index (κ1) is 15.8. The number of amides is 2. The van der Waals surface area contributed by atoms with E-state index >= 15 is 0 Å². The lowest BCUT2D eigenvalue weighted by Gasteiger charge is -2.28. The molecule has 0 aliphatic carbocycles. The molecule has 2 atom stereocenters. The number of hydrogen-bond acceptors (Lipinski definition) is 3. The Kier molecular flexibility index (Phi) is 5.17. The number of rotatable bonds is 3. The van der Waals surface area contributed by atoms with Gasteiger partial charge in [0, 0.05) is 26.7 Å². The van der Waals surface area contributed by atoms with E-state index in [0.29, 0.717) is 25.9 Å². The van der Waals surface area contributed by atoms with Crippen molar-refractivity contribution >= 4 is 12.0 Å². The SMILES string of the molecule is CC(CN(C)C(=O)N1CCCC(C)(O)CC1)C(=O)O. The molecule has 6 heteroatoms. The van der Waals surface area contributed by atoms with Crippen LogP contribution in [0, 0.1) is 5.92 Å². The minimum absolute atomic E-state index is 0.161. The van der Waals surface area contributed by atoms with Gasteiger partial charge in [-0.05, 0) is 26.2 Å². The average Bonchev–Trinajstić information content (AvgIpc) is 2.49. The van der Waals surface area contributed by atoms with Gasteiger partial charge < -0.3 is 20.0 Å². The largest absolute Gasteiger partial charge is 0.481 e. The highest BCUT2D eigenvalue weighted by Crippen LogP contribution is 2.21. The summed E-state index contributed by atoms with van der Waals surface area (Å²) < 4.78 is 0. The number of carbonyl (C=O) groups is 2. The zero-order valence-electron chi connectivity index (χ0n) is 11.9. The topological polar surface area (TPSA) is 81.1 Å². The predicted molar refractivity (Wildman–Crippen MR) is 70.9 cm³/mol. The summed E-state index contributed by atoms with van der Waals surface area (Å²) in [5.74, 6) is -1.48. The molecular weight excluding hydrogens is 248 g/mol. The molecule has 0 bridgehead atoms. The minimum Gasteiger partial charge on any atom is -0.481 e. The Bertz CT molecular complexity index is 344. The number of likely N-dealkylation sites (tertiary alicyclic amines) is 1. The van der Waals surface area contributed by atoms with Crippen LogP contribution >= 0.6 is 0 Å². The van der Waals surface area contributed by atoms with Crippen LogP contribution in [-0.4, -0.2) is 64.3 Å². The first-order chi connectivity index (χ1) is 8.73. The second-order valence-corrected chi connectivity index (χ2v) is 5.74. The van der Waals surface area contributed by atoms with Crippen LogP contribution in [0.5, 0.6) is 0 Å². The molecule has 1 aliphatic heterocycles. The predicted octanol–water partition coefficient (Wildman–Crippen LogP) is 0.996. The molecule has 1 rings (SSSR count). The van der Waals surface area contributed by atoms with Gasteiger partial charge in [0.15, 0.2) is 0 Å². The summed E-state index contributed by atoms with van der Waals surface area (Å²) in [6, 6.07) is -0.161. The molecule has 6 nitrogen and oxygen atoms in total. The molecule has 0 spiro atoms. The van der Waals surface area contributed by atoms with Crippen LogP contribution < -0.4 is 0 Å². The molecule has 1 heterocycles. The minimum atomic E-state index is -0.904. The number of urea groups is 1. The number of carboxylic acid groups (broad SMARTS) is 1. The van der Waals surface area contributed by atoms with Gasteiger partial charge in [-0.15, -0.1) is 0 Å². The van der Waals surface area contributed by atoms with Crippen LogP contribution in [0.1, 0.15) is 33.1 Å². The molecule has 2 N–H and O–H groups in total. The van der Waals surface area contributed by atoms with Gasteiger partial charge in [-0.25, -0.2) is 4.79 Å². The van der Waals surface area contributed by atoms with Gasteiger partial charge in [0.25, 0.3) is 0 Å². The van der Waals surface area contributed by atoms with E-state index in [0.717, 1.165) is 6.42 Å². The lowest BCUT2D eigenvalue weighted by molar-refractivity contribution is -0.141. The van der Waals surface area contributed by atoms with Gasteiger partial charge in [0.05, 0.1) is 11.5 Å². The highest BCUT2D eigenvalue weighted by molar-refractivity contribution is 5.76. The summed E-state index contributed by atoms with van der Waals surface area (Å²) in [5.41, 5.74) is -0.706. The molecule has 0 aromatic rings. The molecule has 2 amide bonds. The second kappa shape index (κ2) is 6.23. The molecule has 110 valence electrons. The fourth-order valence-electron chi connectivity index (χ4n) is 2.26. The first-order valence-electron chi connectivity index (χ1n) is 6.68. The van der Waals surface area contributed by atoms with E-state index in [4.69, 9.17) is 5.11 Å². The van der Waals surface area contributed by atoms with Crippen LogP contribution in [0.3, 0.4) is 0 Å². The number of hydrogen-bond donors (Lipinski definition) is 2. The lowest BCUT2D eigenvalue weighted by atomic mass is 9.98. The number of nitrogens with zero attached hydrogens (tertiary/aromatic N) is 2. The standard InChI is InChI=1S/C13H24N2O4/c1-10(11(16)17)9-14(3)12(18)15-7-4-5-13(2,19)6-8-15/h10,19H,4-9H2,1-3H3,(H,16,17). The zero-order valence-corrected chi connectivity index (χ0v) is 11.9. The third-order valence-electron chi connectivity index (χ3n) is 3.63. The van der Waals surface area contributed by atoms with Crippen molar-refractivity contribution in [1.29, 1.82) is 0 Å². The normalized spacial score (nSPS) is 25.6. The lowest BCUT2D eigenvalue weighted by Crippen LogP contribution is -2.44. The highest BCUT2D eigenvalue weighted by atomic mass is 16.4. The Morgan fingerprint density at radius 3 is 2.58 bits per heavy atom. The Balaban J connectivity index is 2.55. The van der Waals surface area contributed by atoms with Gasteiger partial charge in [0.1, 0.15) is 0 Å². The van der Waals surface area contributed by atoms with E-state index in [1.807, 2.05) is 0 Å². The second-order valence-electron chi connectivity index (χ2n) is 5.74. The summed E-state index contributed by atoms with van der Waals surface area (Å²) in [7, 11) is 1.62. The summed E-state index contributed by atoms with van der Waals surface area (Å²) in [4.78, 5) is 26.1. The van der Waals surface area contributed by atoms with Crippen molar-refractivity contribution in [2.24, 2.45) is 5.92 Å². The van der Waals surface area contributed by atoms with Crippen LogP contribution in [0.25, 0.3) is 0 Å². The molecular formula is C13H24N2O4. The quantitative estimate of drug-likeness (QED) is 0.803. The molecule has 0 aromatic heterocycles. The van der Waals surface area contributed by atoms with Crippen molar-refractivity contribution in [2.75, 3.05) is 26.7 Å². The number of aliphatic carboxylic acids is 1. The Labute approximate surface area is 114 Å². The molecule has 0 saturated carbocycles. The smallest absolute Gasteiger partial charge is 0.319 e. The maximum Gasteiger partial charge on any atom is 0.319 e. The molecule has 1 aliphatic rings. The van der Waals surface area contributed by atoms with Crippen molar-refractivity contribution in [1.82, 2.24) is 9.80 Å². The average molecular weight is 272 g/mol. The summed E-state index contributed by atoms with van der Waals surface area (Å²) in [6.07, 6.45) is 2.01. The Morgan fingerprint density at radius 1 is 1.37 bits per heavy atom. The number of carboxylic acids is 1. The van der Waals surface area contributed by atoms with Crippen molar-refractivity contribution in [3.63, 3.8) is 0 Å². The summed E-state index contributed by atoms with van der Waals surface area (Å²) >= 11 is 0. The fourth-order valence-corrected chi connectivity index (χ4v) is 2.26. The molecule has 1 fully saturated rings. The molecule has 0 radical (unpaired) electrons. The maximum absolute atomic E-state index is 12.2. The Hall–Kier alpha value is -1.30. The van der Waals surface area contributed by atoms with Crippen molar-refractivity contribution in [3.8, 4) is 0 Å². The first-order valence-corrected chi connectivity index (χ1v) is 6.68. The van der Waals surface area contributed by atoms with Gasteiger partial charge >= 0.3 is 12.0 Å². The van der Waals surface area contributed by atoms with E-state index in [2.05, 4.69) is 0 Å². The van der Waals surface area contributed by atoms with Crippen molar-refractivity contribution in [3.05, 3.63) is 0 Å². The van der Waals surface area contributed by atoms with Gasteiger partial charge in [-0.2, -0.15) is 0 Å². The van der Waals surface area contributed by atoms with Gasteiger partial charge in [-0.3, -0.25) is 4.79 Å². The molecule has 2 unspecified atom stereocenters. The highest BCUT2D eigenvalue weighted by Gasteiger charge is 2.29. The van der Waals surface area contributed by atoms with Crippen molar-refractivity contribution in [2.45, 2.75) is 38.7 Å². The van der Waals surface area contributed by atoms with Crippen LogP contribution in [0.15, 0.2) is 0 Å². The molecule has 0 aromatic carbocycles. The van der Waals surface area contributed by atoms with E-state index < -0.39 is 17.5 Å². The fraction of sp³-hybridized carbons (Fsp3) is 0.846. The third-order valence-corrected chi connectivity index (χ3v) is 3.63. The van der Waals surface area contributed by atoms with E-state index in [-0.39, 0.29) is 12.6 Å². The number of carbonyl (C=O) groups excluding carboxylic acids is 1. The van der Waals surface area contributed by atoms with E-state index in [1.165, 1.54) is 4.90 Å². The van der Waals surface area contributed by atoms with Crippen LogP contribution in [-0.2, 0) is 4.79 Å². The van der Waals surface area contributed by atoms with Gasteiger partial charge in [-0.1, -0.05) is 6.92 Å². The van der Waals surface area contributed by atoms with Gasteiger partial charge in [0.2, 0.25) is 0 Å². The zero-order chi connectivity index (χ0) is 14.6. The van der Waals surface area contributed by atoms with E-state index in [9.17, 15) is 14.7 Å². The summed E-state index contributed by atoms with van der Waals surface area (Å²) in [6.45, 7) is 4.69. The van der Waals surface area contributed by atoms with Crippen LogP contribution in [0.2, 0.25) is 0 Å². The maximum atomic E-state index is 12.2. The third kappa shape index (κ3) is 4.70. The summed E-state index contributed by atoms with van der Waals surface area (Å²) in [5, 5.41) is 18.8. The van der Waals surface area contributed by atoms with Crippen molar-refractivity contribution < 1.29 is 19.8 Å². The van der Waals surface area contributed by atoms with Crippen LogP contribution in [0.4, 0.5) is 4.79 Å².